The van der Waals surface area contributed by atoms with Gasteiger partial charge in [0.05, 0.1) is 0 Å². The Morgan fingerprint density at radius 3 is 2.38 bits per heavy atom. The van der Waals surface area contributed by atoms with Gasteiger partial charge >= 0.3 is 6.18 Å². The first-order valence-electron chi connectivity index (χ1n) is 4.43. The van der Waals surface area contributed by atoms with E-state index in [1.807, 2.05) is 0 Å². The molecule has 0 aliphatic heterocycles. The molecule has 1 amide bonds. The van der Waals surface area contributed by atoms with Gasteiger partial charge in [0.25, 0.3) is 0 Å². The molecule has 1 atom stereocenters. The number of nitrogens with one attached hydrogen (secondary N) is 1. The molecule has 0 aliphatic rings. The van der Waals surface area contributed by atoms with Crippen molar-refractivity contribution >= 4 is 17.5 Å². The number of benzene rings is 1. The maximum Gasteiger partial charge on any atom is 0.405 e. The van der Waals surface area contributed by atoms with Crippen LogP contribution in [0.2, 0.25) is 0 Å². The summed E-state index contributed by atoms with van der Waals surface area (Å²) in [7, 11) is 0. The van der Waals surface area contributed by atoms with Crippen LogP contribution in [-0.2, 0) is 4.79 Å². The van der Waals surface area contributed by atoms with Crippen molar-refractivity contribution in [2.45, 2.75) is 11.6 Å². The summed E-state index contributed by atoms with van der Waals surface area (Å²) >= 11 is 5.71. The molecule has 0 saturated heterocycles. The number of hydrogen-bond acceptors (Lipinski definition) is 1. The molecule has 0 radical (unpaired) electrons. The first-order valence-corrected chi connectivity index (χ1v) is 4.87. The van der Waals surface area contributed by atoms with Crippen LogP contribution in [0.5, 0.6) is 0 Å². The van der Waals surface area contributed by atoms with E-state index in [2.05, 4.69) is 0 Å². The average molecular weight is 252 g/mol. The van der Waals surface area contributed by atoms with Gasteiger partial charge in [-0.25, -0.2) is 0 Å². The van der Waals surface area contributed by atoms with Gasteiger partial charge in [-0.15, -0.1) is 11.6 Å². The predicted octanol–water partition coefficient (Wildman–Crippen LogP) is 2.65. The van der Waals surface area contributed by atoms with E-state index in [4.69, 9.17) is 11.6 Å². The van der Waals surface area contributed by atoms with Crippen molar-refractivity contribution in [1.29, 1.82) is 0 Å². The first-order chi connectivity index (χ1) is 7.40. The third-order valence-electron chi connectivity index (χ3n) is 1.79. The Bertz CT molecular complexity index is 353. The Kier molecular flexibility index (Phi) is 4.18. The molecule has 0 spiro atoms. The van der Waals surface area contributed by atoms with Crippen LogP contribution in [0.1, 0.15) is 10.9 Å². The molecule has 0 heterocycles. The van der Waals surface area contributed by atoms with Crippen LogP contribution in [0, 0.1) is 0 Å². The molecule has 2 nitrogen and oxygen atoms in total. The number of rotatable bonds is 3. The molecule has 1 rings (SSSR count). The fourth-order valence-corrected chi connectivity index (χ4v) is 1.27. The Balaban J connectivity index is 2.55. The van der Waals surface area contributed by atoms with Gasteiger partial charge in [0, 0.05) is 0 Å². The zero-order valence-corrected chi connectivity index (χ0v) is 8.85. The predicted molar refractivity (Wildman–Crippen MR) is 54.1 cm³/mol. The molecule has 0 fully saturated rings. The number of carbonyl (C=O) groups is 1. The van der Waals surface area contributed by atoms with E-state index in [0.717, 1.165) is 0 Å². The maximum atomic E-state index is 11.8. The highest BCUT2D eigenvalue weighted by Gasteiger charge is 2.29. The number of halogens is 4. The number of amides is 1. The summed E-state index contributed by atoms with van der Waals surface area (Å²) < 4.78 is 35.5. The fourth-order valence-electron chi connectivity index (χ4n) is 1.05. The zero-order valence-electron chi connectivity index (χ0n) is 8.09. The maximum absolute atomic E-state index is 11.8. The molecule has 88 valence electrons. The van der Waals surface area contributed by atoms with Crippen molar-refractivity contribution in [1.82, 2.24) is 5.32 Å². The number of hydrogen-bond donors (Lipinski definition) is 1. The number of alkyl halides is 4. The smallest absolute Gasteiger partial charge is 0.345 e. The van der Waals surface area contributed by atoms with Crippen molar-refractivity contribution in [2.75, 3.05) is 6.54 Å². The summed E-state index contributed by atoms with van der Waals surface area (Å²) in [5.74, 6) is -0.856. The van der Waals surface area contributed by atoms with Crippen molar-refractivity contribution in [3.63, 3.8) is 0 Å². The number of carbonyl (C=O) groups excluding carboxylic acids is 1. The van der Waals surface area contributed by atoms with Gasteiger partial charge < -0.3 is 5.32 Å². The van der Waals surface area contributed by atoms with Crippen LogP contribution >= 0.6 is 11.6 Å². The highest BCUT2D eigenvalue weighted by atomic mass is 35.5. The second kappa shape index (κ2) is 5.21. The van der Waals surface area contributed by atoms with Crippen molar-refractivity contribution in [2.24, 2.45) is 0 Å². The highest BCUT2D eigenvalue weighted by molar-refractivity contribution is 6.30. The molecule has 0 saturated carbocycles. The van der Waals surface area contributed by atoms with Gasteiger partial charge in [0.15, 0.2) is 0 Å². The molecular weight excluding hydrogens is 243 g/mol. The van der Waals surface area contributed by atoms with E-state index in [1.54, 1.807) is 35.6 Å². The lowest BCUT2D eigenvalue weighted by atomic mass is 10.1. The normalized spacial score (nSPS) is 13.2. The minimum Gasteiger partial charge on any atom is -0.345 e. The van der Waals surface area contributed by atoms with Gasteiger partial charge in [-0.05, 0) is 5.56 Å². The Morgan fingerprint density at radius 2 is 1.88 bits per heavy atom. The third kappa shape index (κ3) is 4.10. The van der Waals surface area contributed by atoms with Gasteiger partial charge in [0.2, 0.25) is 5.91 Å². The van der Waals surface area contributed by atoms with E-state index >= 15 is 0 Å². The second-order valence-electron chi connectivity index (χ2n) is 3.11. The summed E-state index contributed by atoms with van der Waals surface area (Å²) in [5.41, 5.74) is 0.462. The van der Waals surface area contributed by atoms with E-state index in [9.17, 15) is 18.0 Å². The molecule has 0 aliphatic carbocycles. The Morgan fingerprint density at radius 1 is 1.31 bits per heavy atom. The monoisotopic (exact) mass is 251 g/mol. The minimum absolute atomic E-state index is 0.462. The fraction of sp³-hybridized carbons (Fsp3) is 0.300. The van der Waals surface area contributed by atoms with Gasteiger partial charge in [0.1, 0.15) is 11.9 Å². The summed E-state index contributed by atoms with van der Waals surface area (Å²) in [4.78, 5) is 11.2. The lowest BCUT2D eigenvalue weighted by molar-refractivity contribution is -0.138. The minimum atomic E-state index is -4.43. The third-order valence-corrected chi connectivity index (χ3v) is 2.24. The van der Waals surface area contributed by atoms with Crippen LogP contribution in [-0.4, -0.2) is 18.6 Å². The van der Waals surface area contributed by atoms with E-state index in [1.165, 1.54) is 0 Å². The Hall–Kier alpha value is -1.23. The Labute approximate surface area is 95.4 Å². The van der Waals surface area contributed by atoms with Gasteiger partial charge in [-0.2, -0.15) is 13.2 Å². The van der Waals surface area contributed by atoms with Crippen LogP contribution in [0.25, 0.3) is 0 Å². The summed E-state index contributed by atoms with van der Waals surface area (Å²) in [6, 6.07) is 8.18. The van der Waals surface area contributed by atoms with Gasteiger partial charge in [-0.1, -0.05) is 30.3 Å². The summed E-state index contributed by atoms with van der Waals surface area (Å²) in [6.07, 6.45) is -4.43. The van der Waals surface area contributed by atoms with Crippen LogP contribution in [0.15, 0.2) is 30.3 Å². The zero-order chi connectivity index (χ0) is 12.2. The van der Waals surface area contributed by atoms with Crippen LogP contribution in [0.4, 0.5) is 13.2 Å². The molecule has 1 N–H and O–H groups in total. The molecule has 0 bridgehead atoms. The lowest BCUT2D eigenvalue weighted by Crippen LogP contribution is -2.35. The largest absolute Gasteiger partial charge is 0.405 e. The molecule has 1 unspecified atom stereocenters. The summed E-state index contributed by atoms with van der Waals surface area (Å²) in [5, 5.41) is 0.617. The van der Waals surface area contributed by atoms with E-state index in [0.29, 0.717) is 5.56 Å². The second-order valence-corrected chi connectivity index (χ2v) is 3.54. The summed E-state index contributed by atoms with van der Waals surface area (Å²) in [6.45, 7) is -1.37. The van der Waals surface area contributed by atoms with Crippen molar-refractivity contribution in [3.05, 3.63) is 35.9 Å². The van der Waals surface area contributed by atoms with E-state index in [-0.39, 0.29) is 0 Å². The van der Waals surface area contributed by atoms with Crippen molar-refractivity contribution < 1.29 is 18.0 Å². The SMILES string of the molecule is O=C(NCC(F)(F)F)C(Cl)c1ccccc1. The molecule has 1 aromatic rings. The molecular formula is C10H9ClF3NO. The van der Waals surface area contributed by atoms with Gasteiger partial charge in [-0.3, -0.25) is 4.79 Å². The first kappa shape index (κ1) is 12.8. The molecule has 16 heavy (non-hydrogen) atoms. The average Bonchev–Trinajstić information content (AvgIpc) is 2.25. The quantitative estimate of drug-likeness (QED) is 0.822. The van der Waals surface area contributed by atoms with E-state index < -0.39 is 24.0 Å². The van der Waals surface area contributed by atoms with Crippen molar-refractivity contribution in [3.8, 4) is 0 Å². The topological polar surface area (TPSA) is 29.1 Å². The standard InChI is InChI=1S/C10H9ClF3NO/c11-8(7-4-2-1-3-5-7)9(16)15-6-10(12,13)14/h1-5,8H,6H2,(H,15,16). The van der Waals surface area contributed by atoms with Crippen LogP contribution < -0.4 is 5.32 Å². The highest BCUT2D eigenvalue weighted by Crippen LogP contribution is 2.20. The molecule has 1 aromatic carbocycles. The molecule has 0 aromatic heterocycles. The lowest BCUT2D eigenvalue weighted by Gasteiger charge is -2.12. The molecule has 6 heteroatoms. The van der Waals surface area contributed by atoms with Crippen LogP contribution in [0.3, 0.4) is 0 Å².